The SMILES string of the molecule is CC1(C2CCC(N)CC2)N=N1. The summed E-state index contributed by atoms with van der Waals surface area (Å²) < 4.78 is 0. The predicted molar refractivity (Wildman–Crippen MR) is 43.2 cm³/mol. The normalized spacial score (nSPS) is 40.5. The Bertz CT molecular complexity index is 174. The summed E-state index contributed by atoms with van der Waals surface area (Å²) in [5.74, 6) is 0.683. The summed E-state index contributed by atoms with van der Waals surface area (Å²) in [6.07, 6.45) is 4.74. The third kappa shape index (κ3) is 1.29. The Balaban J connectivity index is 1.88. The summed E-state index contributed by atoms with van der Waals surface area (Å²) in [5, 5.41) is 8.13. The second kappa shape index (κ2) is 2.27. The minimum Gasteiger partial charge on any atom is -0.328 e. The summed E-state index contributed by atoms with van der Waals surface area (Å²) in [7, 11) is 0. The maximum Gasteiger partial charge on any atom is 0.191 e. The molecule has 0 amide bonds. The number of nitrogens with zero attached hydrogens (tertiary/aromatic N) is 2. The molecule has 0 spiro atoms. The Morgan fingerprint density at radius 2 is 1.73 bits per heavy atom. The molecular formula is C8H15N3. The summed E-state index contributed by atoms with van der Waals surface area (Å²) in [5.41, 5.74) is 5.80. The fourth-order valence-electron chi connectivity index (χ4n) is 1.91. The van der Waals surface area contributed by atoms with Gasteiger partial charge in [-0.25, -0.2) is 0 Å². The van der Waals surface area contributed by atoms with Gasteiger partial charge < -0.3 is 5.73 Å². The quantitative estimate of drug-likeness (QED) is 0.612. The van der Waals surface area contributed by atoms with Crippen molar-refractivity contribution >= 4 is 0 Å². The second-order valence-electron chi connectivity index (χ2n) is 3.91. The Hall–Kier alpha value is -0.440. The molecule has 62 valence electrons. The van der Waals surface area contributed by atoms with Gasteiger partial charge in [-0.3, -0.25) is 0 Å². The van der Waals surface area contributed by atoms with E-state index in [9.17, 15) is 0 Å². The van der Waals surface area contributed by atoms with Gasteiger partial charge in [0, 0.05) is 12.0 Å². The summed E-state index contributed by atoms with van der Waals surface area (Å²) >= 11 is 0. The molecule has 3 heteroatoms. The van der Waals surface area contributed by atoms with Crippen LogP contribution < -0.4 is 5.73 Å². The molecule has 0 aromatic rings. The zero-order valence-electron chi connectivity index (χ0n) is 6.95. The van der Waals surface area contributed by atoms with Crippen LogP contribution >= 0.6 is 0 Å². The van der Waals surface area contributed by atoms with Gasteiger partial charge in [-0.05, 0) is 32.6 Å². The van der Waals surface area contributed by atoms with E-state index in [0.717, 1.165) is 12.8 Å². The third-order valence-electron chi connectivity index (χ3n) is 2.96. The van der Waals surface area contributed by atoms with E-state index in [-0.39, 0.29) is 5.66 Å². The standard InChI is InChI=1S/C8H15N3/c1-8(10-11-8)6-2-4-7(9)5-3-6/h6-7H,2-5,9H2,1H3. The van der Waals surface area contributed by atoms with Crippen LogP contribution in [0.1, 0.15) is 32.6 Å². The van der Waals surface area contributed by atoms with Crippen LogP contribution in [-0.4, -0.2) is 11.7 Å². The van der Waals surface area contributed by atoms with Gasteiger partial charge in [-0.1, -0.05) is 0 Å². The summed E-state index contributed by atoms with van der Waals surface area (Å²) in [4.78, 5) is 0. The molecule has 1 fully saturated rings. The van der Waals surface area contributed by atoms with Crippen LogP contribution in [0.2, 0.25) is 0 Å². The molecule has 2 N–H and O–H groups in total. The molecule has 0 radical (unpaired) electrons. The van der Waals surface area contributed by atoms with Gasteiger partial charge in [0.2, 0.25) is 0 Å². The molecule has 0 unspecified atom stereocenters. The Labute approximate surface area is 67.1 Å². The minimum atomic E-state index is 0.000139. The molecule has 11 heavy (non-hydrogen) atoms. The largest absolute Gasteiger partial charge is 0.328 e. The maximum atomic E-state index is 5.80. The predicted octanol–water partition coefficient (Wildman–Crippen LogP) is 1.69. The Kier molecular flexibility index (Phi) is 1.49. The first-order chi connectivity index (χ1) is 5.21. The molecule has 3 nitrogen and oxygen atoms in total. The average molecular weight is 153 g/mol. The second-order valence-corrected chi connectivity index (χ2v) is 3.91. The van der Waals surface area contributed by atoms with Gasteiger partial charge in [0.25, 0.3) is 0 Å². The molecule has 0 bridgehead atoms. The van der Waals surface area contributed by atoms with Gasteiger partial charge in [0.15, 0.2) is 5.66 Å². The molecular weight excluding hydrogens is 138 g/mol. The zero-order valence-corrected chi connectivity index (χ0v) is 6.95. The fraction of sp³-hybridized carbons (Fsp3) is 1.00. The topological polar surface area (TPSA) is 50.7 Å². The zero-order chi connectivity index (χ0) is 7.90. The highest BCUT2D eigenvalue weighted by Crippen LogP contribution is 2.42. The summed E-state index contributed by atoms with van der Waals surface area (Å²) in [6.45, 7) is 2.12. The minimum absolute atomic E-state index is 0.000139. The highest BCUT2D eigenvalue weighted by Gasteiger charge is 2.43. The van der Waals surface area contributed by atoms with Crippen LogP contribution in [-0.2, 0) is 0 Å². The van der Waals surface area contributed by atoms with Crippen molar-refractivity contribution in [1.82, 2.24) is 0 Å². The van der Waals surface area contributed by atoms with Crippen molar-refractivity contribution in [3.63, 3.8) is 0 Å². The molecule has 0 aromatic heterocycles. The van der Waals surface area contributed by atoms with Crippen molar-refractivity contribution in [2.45, 2.75) is 44.3 Å². The van der Waals surface area contributed by atoms with E-state index < -0.39 is 0 Å². The van der Waals surface area contributed by atoms with E-state index in [2.05, 4.69) is 17.2 Å². The van der Waals surface area contributed by atoms with Gasteiger partial charge in [0.1, 0.15) is 0 Å². The first-order valence-corrected chi connectivity index (χ1v) is 4.40. The van der Waals surface area contributed by atoms with Gasteiger partial charge in [-0.15, -0.1) is 0 Å². The Morgan fingerprint density at radius 3 is 2.18 bits per heavy atom. The van der Waals surface area contributed by atoms with Crippen molar-refractivity contribution in [3.8, 4) is 0 Å². The van der Waals surface area contributed by atoms with Crippen molar-refractivity contribution in [3.05, 3.63) is 0 Å². The number of hydrogen-bond donors (Lipinski definition) is 1. The van der Waals surface area contributed by atoms with E-state index in [1.807, 2.05) is 0 Å². The lowest BCUT2D eigenvalue weighted by molar-refractivity contribution is 0.267. The van der Waals surface area contributed by atoms with Gasteiger partial charge >= 0.3 is 0 Å². The molecule has 2 aliphatic rings. The fourth-order valence-corrected chi connectivity index (χ4v) is 1.91. The number of nitrogens with two attached hydrogens (primary N) is 1. The number of rotatable bonds is 1. The van der Waals surface area contributed by atoms with E-state index in [0.29, 0.717) is 12.0 Å². The smallest absolute Gasteiger partial charge is 0.191 e. The monoisotopic (exact) mass is 153 g/mol. The van der Waals surface area contributed by atoms with E-state index in [1.54, 1.807) is 0 Å². The molecule has 2 rings (SSSR count). The number of hydrogen-bond acceptors (Lipinski definition) is 3. The van der Waals surface area contributed by atoms with Crippen LogP contribution in [0.4, 0.5) is 0 Å². The van der Waals surface area contributed by atoms with Crippen LogP contribution in [0.25, 0.3) is 0 Å². The summed E-state index contributed by atoms with van der Waals surface area (Å²) in [6, 6.07) is 0.439. The van der Waals surface area contributed by atoms with Gasteiger partial charge in [-0.2, -0.15) is 10.2 Å². The first-order valence-electron chi connectivity index (χ1n) is 4.40. The molecule has 0 atom stereocenters. The molecule has 0 aromatic carbocycles. The van der Waals surface area contributed by atoms with Crippen LogP contribution in [0, 0.1) is 5.92 Å². The van der Waals surface area contributed by atoms with Crippen molar-refractivity contribution in [2.75, 3.05) is 0 Å². The van der Waals surface area contributed by atoms with Gasteiger partial charge in [0.05, 0.1) is 0 Å². The Morgan fingerprint density at radius 1 is 1.18 bits per heavy atom. The maximum absolute atomic E-state index is 5.80. The lowest BCUT2D eigenvalue weighted by Crippen LogP contribution is -2.32. The molecule has 1 heterocycles. The lowest BCUT2D eigenvalue weighted by Gasteiger charge is -2.27. The molecule has 1 aliphatic heterocycles. The van der Waals surface area contributed by atoms with Crippen molar-refractivity contribution in [1.29, 1.82) is 0 Å². The average Bonchev–Trinajstić information content (AvgIpc) is 2.70. The van der Waals surface area contributed by atoms with E-state index in [4.69, 9.17) is 5.73 Å². The molecule has 0 saturated heterocycles. The lowest BCUT2D eigenvalue weighted by atomic mass is 9.81. The van der Waals surface area contributed by atoms with E-state index in [1.165, 1.54) is 12.8 Å². The third-order valence-corrected chi connectivity index (χ3v) is 2.96. The van der Waals surface area contributed by atoms with E-state index >= 15 is 0 Å². The van der Waals surface area contributed by atoms with Crippen LogP contribution in [0.15, 0.2) is 10.2 Å². The molecule has 1 saturated carbocycles. The van der Waals surface area contributed by atoms with Crippen LogP contribution in [0.3, 0.4) is 0 Å². The highest BCUT2D eigenvalue weighted by molar-refractivity contribution is 4.97. The highest BCUT2D eigenvalue weighted by atomic mass is 15.4. The van der Waals surface area contributed by atoms with Crippen molar-refractivity contribution in [2.24, 2.45) is 21.9 Å². The first kappa shape index (κ1) is 7.22. The van der Waals surface area contributed by atoms with Crippen molar-refractivity contribution < 1.29 is 0 Å². The molecule has 1 aliphatic carbocycles. The van der Waals surface area contributed by atoms with Crippen LogP contribution in [0.5, 0.6) is 0 Å².